The summed E-state index contributed by atoms with van der Waals surface area (Å²) in [4.78, 5) is 29.7. The van der Waals surface area contributed by atoms with E-state index in [2.05, 4.69) is 5.32 Å². The van der Waals surface area contributed by atoms with Gasteiger partial charge >= 0.3 is 0 Å². The van der Waals surface area contributed by atoms with Crippen LogP contribution in [0, 0.1) is 0 Å². The van der Waals surface area contributed by atoms with E-state index < -0.39 is 6.04 Å². The van der Waals surface area contributed by atoms with E-state index in [0.717, 1.165) is 36.8 Å². The summed E-state index contributed by atoms with van der Waals surface area (Å²) in [5, 5.41) is 4.16. The van der Waals surface area contributed by atoms with Gasteiger partial charge in [-0.05, 0) is 68.5 Å². The normalized spacial score (nSPS) is 13.9. The van der Waals surface area contributed by atoms with Crippen LogP contribution in [0.25, 0.3) is 0 Å². The maximum absolute atomic E-state index is 14.1. The lowest BCUT2D eigenvalue weighted by Crippen LogP contribution is -2.52. The minimum Gasteiger partial charge on any atom is -0.490 e. The minimum atomic E-state index is -0.729. The summed E-state index contributed by atoms with van der Waals surface area (Å²) >= 11 is 13.1. The minimum absolute atomic E-state index is 0.123. The molecule has 0 radical (unpaired) electrons. The number of benzene rings is 3. The average Bonchev–Trinajstić information content (AvgIpc) is 3.50. The maximum Gasteiger partial charge on any atom is 0.243 e. The lowest BCUT2D eigenvalue weighted by Gasteiger charge is -2.33. The van der Waals surface area contributed by atoms with Crippen molar-refractivity contribution in [2.75, 3.05) is 13.2 Å². The molecule has 0 bridgehead atoms. The number of hydrogen-bond donors (Lipinski definition) is 1. The van der Waals surface area contributed by atoms with Crippen LogP contribution in [0.1, 0.15) is 62.6 Å². The standard InChI is InChI=1S/C34H40Cl2N2O4/c1-3-41-31-19-17-25(22-32(31)42-4-2)18-20-33(39)38(23-27-28(35)15-10-16-29(27)36)30(21-24-11-6-5-7-12-24)34(40)37-26-13-8-9-14-26/h5-7,10-12,15-17,19,22,26,30H,3-4,8-9,13-14,18,20-21,23H2,1-2H3,(H,37,40)/t30-/m1/s1. The largest absolute Gasteiger partial charge is 0.490 e. The Kier molecular flexibility index (Phi) is 12.0. The van der Waals surface area contributed by atoms with Gasteiger partial charge in [-0.2, -0.15) is 0 Å². The average molecular weight is 612 g/mol. The van der Waals surface area contributed by atoms with E-state index in [4.69, 9.17) is 32.7 Å². The molecule has 3 aromatic carbocycles. The molecule has 8 heteroatoms. The topological polar surface area (TPSA) is 67.9 Å². The molecule has 0 aliphatic heterocycles. The first kappa shape index (κ1) is 31.7. The van der Waals surface area contributed by atoms with E-state index in [9.17, 15) is 9.59 Å². The van der Waals surface area contributed by atoms with E-state index in [1.165, 1.54) is 0 Å². The molecule has 0 aromatic heterocycles. The quantitative estimate of drug-likeness (QED) is 0.206. The Hall–Kier alpha value is -3.22. The number of nitrogens with one attached hydrogen (secondary N) is 1. The molecule has 0 saturated heterocycles. The van der Waals surface area contributed by atoms with Gasteiger partial charge in [0.2, 0.25) is 11.8 Å². The molecule has 3 aromatic rings. The molecular formula is C34H40Cl2N2O4. The predicted molar refractivity (Wildman–Crippen MR) is 168 cm³/mol. The van der Waals surface area contributed by atoms with E-state index in [1.807, 2.05) is 62.4 Å². The first-order chi connectivity index (χ1) is 20.4. The highest BCUT2D eigenvalue weighted by atomic mass is 35.5. The van der Waals surface area contributed by atoms with Crippen molar-refractivity contribution in [2.24, 2.45) is 0 Å². The number of hydrogen-bond acceptors (Lipinski definition) is 4. The van der Waals surface area contributed by atoms with Gasteiger partial charge in [0.05, 0.1) is 13.2 Å². The van der Waals surface area contributed by atoms with E-state index >= 15 is 0 Å². The summed E-state index contributed by atoms with van der Waals surface area (Å²) in [7, 11) is 0. The second kappa shape index (κ2) is 15.9. The maximum atomic E-state index is 14.1. The number of amides is 2. The van der Waals surface area contributed by atoms with Crippen LogP contribution in [0.15, 0.2) is 66.7 Å². The number of rotatable bonds is 14. The Morgan fingerprint density at radius 1 is 0.881 bits per heavy atom. The summed E-state index contributed by atoms with van der Waals surface area (Å²) in [6, 6.07) is 20.2. The Balaban J connectivity index is 1.63. The second-order valence-electron chi connectivity index (χ2n) is 10.6. The zero-order valence-electron chi connectivity index (χ0n) is 24.4. The molecule has 0 heterocycles. The fourth-order valence-electron chi connectivity index (χ4n) is 5.42. The van der Waals surface area contributed by atoms with Gasteiger partial charge in [0.25, 0.3) is 0 Å². The molecule has 1 aliphatic carbocycles. The molecule has 42 heavy (non-hydrogen) atoms. The Bertz CT molecular complexity index is 1310. The number of halogens is 2. The van der Waals surface area contributed by atoms with Crippen molar-refractivity contribution in [1.82, 2.24) is 10.2 Å². The van der Waals surface area contributed by atoms with Crippen molar-refractivity contribution in [3.05, 3.63) is 93.5 Å². The smallest absolute Gasteiger partial charge is 0.243 e. The SMILES string of the molecule is CCOc1ccc(CCC(=O)N(Cc2c(Cl)cccc2Cl)[C@H](Cc2ccccc2)C(=O)NC2CCCC2)cc1OCC. The van der Waals surface area contributed by atoms with Crippen LogP contribution in [-0.2, 0) is 29.0 Å². The van der Waals surface area contributed by atoms with Gasteiger partial charge in [-0.15, -0.1) is 0 Å². The van der Waals surface area contributed by atoms with Gasteiger partial charge < -0.3 is 19.7 Å². The highest BCUT2D eigenvalue weighted by Gasteiger charge is 2.32. The van der Waals surface area contributed by atoms with Crippen molar-refractivity contribution in [2.45, 2.75) is 77.4 Å². The number of carbonyl (C=O) groups excluding carboxylic acids is 2. The lowest BCUT2D eigenvalue weighted by molar-refractivity contribution is -0.141. The van der Waals surface area contributed by atoms with Crippen molar-refractivity contribution in [1.29, 1.82) is 0 Å². The van der Waals surface area contributed by atoms with Crippen LogP contribution in [0.4, 0.5) is 0 Å². The second-order valence-corrected chi connectivity index (χ2v) is 11.4. The molecule has 1 fully saturated rings. The van der Waals surface area contributed by atoms with Crippen molar-refractivity contribution >= 4 is 35.0 Å². The molecule has 4 rings (SSSR count). The highest BCUT2D eigenvalue weighted by molar-refractivity contribution is 6.36. The number of nitrogens with zero attached hydrogens (tertiary/aromatic N) is 1. The third-order valence-electron chi connectivity index (χ3n) is 7.60. The molecule has 0 unspecified atom stereocenters. The van der Waals surface area contributed by atoms with Gasteiger partial charge in [-0.1, -0.05) is 78.5 Å². The van der Waals surface area contributed by atoms with E-state index in [0.29, 0.717) is 53.2 Å². The molecule has 1 aliphatic rings. The molecule has 1 N–H and O–H groups in total. The van der Waals surface area contributed by atoms with Crippen molar-refractivity contribution in [3.63, 3.8) is 0 Å². The van der Waals surface area contributed by atoms with E-state index in [1.54, 1.807) is 23.1 Å². The molecule has 2 amide bonds. The van der Waals surface area contributed by atoms with Crippen LogP contribution in [0.2, 0.25) is 10.0 Å². The Morgan fingerprint density at radius 3 is 2.21 bits per heavy atom. The van der Waals surface area contributed by atoms with Crippen LogP contribution in [0.3, 0.4) is 0 Å². The molecule has 6 nitrogen and oxygen atoms in total. The van der Waals surface area contributed by atoms with Gasteiger partial charge in [0.1, 0.15) is 6.04 Å². The summed E-state index contributed by atoms with van der Waals surface area (Å²) in [6.07, 6.45) is 5.15. The summed E-state index contributed by atoms with van der Waals surface area (Å²) in [6.45, 7) is 5.01. The first-order valence-corrected chi connectivity index (χ1v) is 15.6. The predicted octanol–water partition coefficient (Wildman–Crippen LogP) is 7.42. The molecule has 1 atom stereocenters. The highest BCUT2D eigenvalue weighted by Crippen LogP contribution is 2.30. The van der Waals surface area contributed by atoms with Crippen LogP contribution >= 0.6 is 23.2 Å². The van der Waals surface area contributed by atoms with Gasteiger partial charge in [0.15, 0.2) is 11.5 Å². The van der Waals surface area contributed by atoms with Crippen LogP contribution in [0.5, 0.6) is 11.5 Å². The fraction of sp³-hybridized carbons (Fsp3) is 0.412. The number of aryl methyl sites for hydroxylation is 1. The Labute approximate surface area is 259 Å². The van der Waals surface area contributed by atoms with Gasteiger partial charge in [0, 0.05) is 41.0 Å². The summed E-state index contributed by atoms with van der Waals surface area (Å²) in [5.41, 5.74) is 2.54. The molecule has 224 valence electrons. The lowest BCUT2D eigenvalue weighted by atomic mass is 10.0. The van der Waals surface area contributed by atoms with Gasteiger partial charge in [-0.25, -0.2) is 0 Å². The van der Waals surface area contributed by atoms with Crippen molar-refractivity contribution < 1.29 is 19.1 Å². The monoisotopic (exact) mass is 610 g/mol. The fourth-order valence-corrected chi connectivity index (χ4v) is 5.94. The zero-order chi connectivity index (χ0) is 29.9. The first-order valence-electron chi connectivity index (χ1n) is 14.8. The van der Waals surface area contributed by atoms with Crippen molar-refractivity contribution in [3.8, 4) is 11.5 Å². The molecule has 0 spiro atoms. The molecular weight excluding hydrogens is 571 g/mol. The van der Waals surface area contributed by atoms with Crippen LogP contribution in [-0.4, -0.2) is 42.0 Å². The van der Waals surface area contributed by atoms with Crippen LogP contribution < -0.4 is 14.8 Å². The van der Waals surface area contributed by atoms with Gasteiger partial charge in [-0.3, -0.25) is 9.59 Å². The summed E-state index contributed by atoms with van der Waals surface area (Å²) < 4.78 is 11.5. The third kappa shape index (κ3) is 8.65. The third-order valence-corrected chi connectivity index (χ3v) is 8.31. The zero-order valence-corrected chi connectivity index (χ0v) is 25.9. The number of carbonyl (C=O) groups is 2. The number of ether oxygens (including phenoxy) is 2. The summed E-state index contributed by atoms with van der Waals surface area (Å²) in [5.74, 6) is 1.03. The van der Waals surface area contributed by atoms with E-state index in [-0.39, 0.29) is 30.8 Å². The molecule has 1 saturated carbocycles. The Morgan fingerprint density at radius 2 is 1.55 bits per heavy atom.